The van der Waals surface area contributed by atoms with E-state index in [4.69, 9.17) is 4.74 Å². The molecule has 11 heteroatoms. The molecule has 2 heterocycles. The third-order valence-corrected chi connectivity index (χ3v) is 6.74. The summed E-state index contributed by atoms with van der Waals surface area (Å²) in [5.41, 5.74) is 0.567. The number of rotatable bonds is 6. The molecular formula is C22H24FN5O4S. The molecule has 0 spiro atoms. The number of carbonyl (C=O) groups excluding carboxylic acids is 1. The summed E-state index contributed by atoms with van der Waals surface area (Å²) in [6.07, 6.45) is 3.78. The number of nitrogens with zero attached hydrogens (tertiary/aromatic N) is 3. The van der Waals surface area contributed by atoms with Gasteiger partial charge in [0.25, 0.3) is 10.0 Å². The number of sulfonamides is 1. The van der Waals surface area contributed by atoms with Gasteiger partial charge in [0.05, 0.1) is 23.3 Å². The van der Waals surface area contributed by atoms with E-state index in [-0.39, 0.29) is 27.7 Å². The number of hydrogen-bond donors (Lipinski definition) is 2. The lowest BCUT2D eigenvalue weighted by Crippen LogP contribution is -2.14. The number of hydrogen-bond acceptors (Lipinski definition) is 6. The smallest absolute Gasteiger partial charge is 0.261 e. The quantitative estimate of drug-likeness (QED) is 0.566. The molecule has 0 atom stereocenters. The first kappa shape index (κ1) is 22.7. The number of aryl methyl sites for hydroxylation is 1. The van der Waals surface area contributed by atoms with Gasteiger partial charge in [-0.25, -0.2) is 12.8 Å². The van der Waals surface area contributed by atoms with Gasteiger partial charge in [0, 0.05) is 25.6 Å². The SMILES string of the molecule is COc1ccc(S(=O)(=O)Nc2ccc(F)c(-c3nnc4n3CCCCC4)c2)cc1NC(C)=O. The maximum absolute atomic E-state index is 14.7. The fourth-order valence-corrected chi connectivity index (χ4v) is 4.88. The van der Waals surface area contributed by atoms with Gasteiger partial charge < -0.3 is 14.6 Å². The van der Waals surface area contributed by atoms with Gasteiger partial charge in [-0.05, 0) is 49.2 Å². The second-order valence-corrected chi connectivity index (χ2v) is 9.43. The number of methoxy groups -OCH3 is 1. The van der Waals surface area contributed by atoms with Crippen LogP contribution in [-0.4, -0.2) is 36.2 Å². The zero-order valence-electron chi connectivity index (χ0n) is 18.3. The molecule has 174 valence electrons. The van der Waals surface area contributed by atoms with Crippen LogP contribution in [0.5, 0.6) is 5.75 Å². The zero-order valence-corrected chi connectivity index (χ0v) is 19.1. The number of fused-ring (bicyclic) bond motifs is 1. The standard InChI is InChI=1S/C22H24FN5O4S/c1-14(29)24-19-13-16(8-10-20(19)32-2)33(30,31)27-15-7-9-18(23)17(12-15)22-26-25-21-6-4-3-5-11-28(21)22/h7-10,12-13,27H,3-6,11H2,1-2H3,(H,24,29). The molecule has 1 aliphatic heterocycles. The molecule has 0 saturated carbocycles. The van der Waals surface area contributed by atoms with Crippen LogP contribution in [-0.2, 0) is 27.8 Å². The van der Waals surface area contributed by atoms with Gasteiger partial charge in [-0.3, -0.25) is 9.52 Å². The number of amides is 1. The van der Waals surface area contributed by atoms with E-state index in [1.807, 2.05) is 4.57 Å². The molecule has 1 aromatic heterocycles. The Bertz CT molecular complexity index is 1310. The monoisotopic (exact) mass is 473 g/mol. The van der Waals surface area contributed by atoms with E-state index in [0.717, 1.165) is 31.5 Å². The summed E-state index contributed by atoms with van der Waals surface area (Å²) in [6, 6.07) is 8.05. The number of carbonyl (C=O) groups is 1. The molecular weight excluding hydrogens is 449 g/mol. The summed E-state index contributed by atoms with van der Waals surface area (Å²) in [6.45, 7) is 1.99. The average molecular weight is 474 g/mol. The van der Waals surface area contributed by atoms with Gasteiger partial charge in [0.15, 0.2) is 5.82 Å². The Labute approximate surface area is 191 Å². The average Bonchev–Trinajstić information content (AvgIpc) is 3.02. The number of aromatic nitrogens is 3. The first-order valence-electron chi connectivity index (χ1n) is 10.5. The van der Waals surface area contributed by atoms with Crippen LogP contribution < -0.4 is 14.8 Å². The molecule has 3 aromatic rings. The lowest BCUT2D eigenvalue weighted by Gasteiger charge is -2.14. The van der Waals surface area contributed by atoms with Crippen LogP contribution in [0.2, 0.25) is 0 Å². The van der Waals surface area contributed by atoms with Crippen molar-refractivity contribution in [3.63, 3.8) is 0 Å². The van der Waals surface area contributed by atoms with E-state index in [1.165, 1.54) is 50.4 Å². The van der Waals surface area contributed by atoms with Crippen molar-refractivity contribution < 1.29 is 22.3 Å². The van der Waals surface area contributed by atoms with Crippen molar-refractivity contribution in [3.05, 3.63) is 48.0 Å². The Balaban J connectivity index is 1.67. The molecule has 0 fully saturated rings. The number of nitrogens with one attached hydrogen (secondary N) is 2. The van der Waals surface area contributed by atoms with E-state index < -0.39 is 15.8 Å². The minimum atomic E-state index is -4.04. The summed E-state index contributed by atoms with van der Waals surface area (Å²) < 4.78 is 50.3. The highest BCUT2D eigenvalue weighted by atomic mass is 32.2. The van der Waals surface area contributed by atoms with Gasteiger partial charge >= 0.3 is 0 Å². The predicted molar refractivity (Wildman–Crippen MR) is 121 cm³/mol. The highest BCUT2D eigenvalue weighted by Crippen LogP contribution is 2.31. The molecule has 0 radical (unpaired) electrons. The third-order valence-electron chi connectivity index (χ3n) is 5.36. The maximum Gasteiger partial charge on any atom is 0.261 e. The fraction of sp³-hybridized carbons (Fsp3) is 0.318. The second-order valence-electron chi connectivity index (χ2n) is 7.75. The van der Waals surface area contributed by atoms with Gasteiger partial charge in [0.2, 0.25) is 5.91 Å². The molecule has 2 aromatic carbocycles. The molecule has 0 unspecified atom stereocenters. The Morgan fingerprint density at radius 1 is 1.12 bits per heavy atom. The lowest BCUT2D eigenvalue weighted by molar-refractivity contribution is -0.114. The minimum Gasteiger partial charge on any atom is -0.495 e. The highest BCUT2D eigenvalue weighted by Gasteiger charge is 2.21. The van der Waals surface area contributed by atoms with Gasteiger partial charge in [-0.1, -0.05) is 6.42 Å². The lowest BCUT2D eigenvalue weighted by atomic mass is 10.1. The minimum absolute atomic E-state index is 0.0886. The number of halogens is 1. The molecule has 0 saturated heterocycles. The number of anilines is 2. The predicted octanol–water partition coefficient (Wildman–Crippen LogP) is 3.58. The summed E-state index contributed by atoms with van der Waals surface area (Å²) in [4.78, 5) is 11.4. The van der Waals surface area contributed by atoms with Crippen molar-refractivity contribution in [1.82, 2.24) is 14.8 Å². The van der Waals surface area contributed by atoms with Crippen LogP contribution in [0.1, 0.15) is 32.0 Å². The molecule has 33 heavy (non-hydrogen) atoms. The van der Waals surface area contributed by atoms with E-state index in [9.17, 15) is 17.6 Å². The number of ether oxygens (including phenoxy) is 1. The van der Waals surface area contributed by atoms with Crippen molar-refractivity contribution in [2.45, 2.75) is 44.0 Å². The zero-order chi connectivity index (χ0) is 23.6. The van der Waals surface area contributed by atoms with Crippen molar-refractivity contribution >= 4 is 27.3 Å². The maximum atomic E-state index is 14.7. The summed E-state index contributed by atoms with van der Waals surface area (Å²) in [5.74, 6) is 0.612. The van der Waals surface area contributed by atoms with Crippen LogP contribution >= 0.6 is 0 Å². The topological polar surface area (TPSA) is 115 Å². The Morgan fingerprint density at radius 2 is 1.94 bits per heavy atom. The normalized spacial score (nSPS) is 13.7. The van der Waals surface area contributed by atoms with Crippen molar-refractivity contribution in [2.75, 3.05) is 17.1 Å². The molecule has 2 N–H and O–H groups in total. The summed E-state index contributed by atoms with van der Waals surface area (Å²) in [5, 5.41) is 10.9. The first-order valence-corrected chi connectivity index (χ1v) is 12.0. The van der Waals surface area contributed by atoms with Crippen LogP contribution in [0, 0.1) is 5.82 Å². The number of benzene rings is 2. The van der Waals surface area contributed by atoms with E-state index >= 15 is 0 Å². The Hall–Kier alpha value is -3.47. The van der Waals surface area contributed by atoms with Crippen LogP contribution in [0.3, 0.4) is 0 Å². The van der Waals surface area contributed by atoms with Gasteiger partial charge in [0.1, 0.15) is 17.4 Å². The summed E-state index contributed by atoms with van der Waals surface area (Å²) in [7, 11) is -2.63. The van der Waals surface area contributed by atoms with Crippen LogP contribution in [0.25, 0.3) is 11.4 Å². The van der Waals surface area contributed by atoms with E-state index in [0.29, 0.717) is 18.1 Å². The Kier molecular flexibility index (Phi) is 6.32. The largest absolute Gasteiger partial charge is 0.495 e. The molecule has 0 bridgehead atoms. The Morgan fingerprint density at radius 3 is 2.70 bits per heavy atom. The highest BCUT2D eigenvalue weighted by molar-refractivity contribution is 7.92. The van der Waals surface area contributed by atoms with E-state index in [1.54, 1.807) is 0 Å². The molecule has 0 aliphatic carbocycles. The summed E-state index contributed by atoms with van der Waals surface area (Å²) >= 11 is 0. The van der Waals surface area contributed by atoms with E-state index in [2.05, 4.69) is 20.2 Å². The van der Waals surface area contributed by atoms with Crippen LogP contribution in [0.15, 0.2) is 41.3 Å². The molecule has 1 amide bonds. The van der Waals surface area contributed by atoms with Crippen LogP contribution in [0.4, 0.5) is 15.8 Å². The fourth-order valence-electron chi connectivity index (χ4n) is 3.80. The molecule has 4 rings (SSSR count). The molecule has 9 nitrogen and oxygen atoms in total. The van der Waals surface area contributed by atoms with Gasteiger partial charge in [-0.15, -0.1) is 10.2 Å². The van der Waals surface area contributed by atoms with Crippen molar-refractivity contribution in [3.8, 4) is 17.1 Å². The second kappa shape index (κ2) is 9.18. The van der Waals surface area contributed by atoms with Crippen molar-refractivity contribution in [1.29, 1.82) is 0 Å². The van der Waals surface area contributed by atoms with Crippen molar-refractivity contribution in [2.24, 2.45) is 0 Å². The molecule has 1 aliphatic rings. The first-order chi connectivity index (χ1) is 15.8. The van der Waals surface area contributed by atoms with Gasteiger partial charge in [-0.2, -0.15) is 0 Å². The third kappa shape index (κ3) is 4.82.